The SMILES string of the molecule is CC1(C)CCCC(C)(C)N1OC(=O)[CH]c1cccc2ccccc12. The zero-order valence-corrected chi connectivity index (χ0v) is 15.0. The second-order valence-electron chi connectivity index (χ2n) is 7.90. The lowest BCUT2D eigenvalue weighted by Gasteiger charge is -2.50. The highest BCUT2D eigenvalue weighted by molar-refractivity contribution is 5.93. The Hall–Kier alpha value is -1.87. The molecule has 0 unspecified atom stereocenters. The highest BCUT2D eigenvalue weighted by Crippen LogP contribution is 2.38. The molecule has 0 bridgehead atoms. The molecule has 3 heteroatoms. The van der Waals surface area contributed by atoms with E-state index in [1.165, 1.54) is 0 Å². The highest BCUT2D eigenvalue weighted by atomic mass is 16.7. The zero-order valence-electron chi connectivity index (χ0n) is 15.0. The predicted molar refractivity (Wildman–Crippen MR) is 97.3 cm³/mol. The minimum atomic E-state index is -0.311. The molecule has 1 saturated heterocycles. The first-order valence-corrected chi connectivity index (χ1v) is 8.64. The van der Waals surface area contributed by atoms with E-state index in [1.807, 2.05) is 35.4 Å². The minimum absolute atomic E-state index is 0.149. The van der Waals surface area contributed by atoms with Gasteiger partial charge >= 0.3 is 5.97 Å². The Labute approximate surface area is 144 Å². The summed E-state index contributed by atoms with van der Waals surface area (Å²) in [6.45, 7) is 8.55. The van der Waals surface area contributed by atoms with Crippen LogP contribution in [0.2, 0.25) is 0 Å². The summed E-state index contributed by atoms with van der Waals surface area (Å²) < 4.78 is 0. The third-order valence-corrected chi connectivity index (χ3v) is 4.95. The fourth-order valence-corrected chi connectivity index (χ4v) is 3.84. The van der Waals surface area contributed by atoms with Crippen LogP contribution >= 0.6 is 0 Å². The normalized spacial score (nSPS) is 20.0. The predicted octanol–water partition coefficient (Wildman–Crippen LogP) is 4.89. The van der Waals surface area contributed by atoms with Gasteiger partial charge in [0.2, 0.25) is 0 Å². The molecular weight excluding hydrogens is 298 g/mol. The Bertz CT molecular complexity index is 727. The number of carbonyl (C=O) groups excluding carboxylic acids is 1. The van der Waals surface area contributed by atoms with Crippen LogP contribution in [0, 0.1) is 6.42 Å². The Morgan fingerprint density at radius 2 is 1.62 bits per heavy atom. The molecule has 2 aromatic carbocycles. The first kappa shape index (κ1) is 17.0. The first-order chi connectivity index (χ1) is 11.3. The summed E-state index contributed by atoms with van der Waals surface area (Å²) in [6.07, 6.45) is 4.81. The number of hydrogen-bond acceptors (Lipinski definition) is 3. The number of hydroxylamine groups is 2. The van der Waals surface area contributed by atoms with E-state index < -0.39 is 0 Å². The molecule has 1 aliphatic rings. The molecule has 0 saturated carbocycles. The number of rotatable bonds is 3. The molecular formula is C21H26NO2. The van der Waals surface area contributed by atoms with Crippen molar-refractivity contribution in [2.24, 2.45) is 0 Å². The van der Waals surface area contributed by atoms with Crippen LogP contribution in [0.3, 0.4) is 0 Å². The van der Waals surface area contributed by atoms with Crippen molar-refractivity contribution < 1.29 is 9.63 Å². The molecule has 2 aromatic rings. The van der Waals surface area contributed by atoms with Crippen LogP contribution in [0.25, 0.3) is 10.8 Å². The Morgan fingerprint density at radius 1 is 1.00 bits per heavy atom. The van der Waals surface area contributed by atoms with E-state index in [-0.39, 0.29) is 17.0 Å². The maximum absolute atomic E-state index is 12.6. The Morgan fingerprint density at radius 3 is 2.33 bits per heavy atom. The van der Waals surface area contributed by atoms with Crippen LogP contribution in [0.1, 0.15) is 52.5 Å². The van der Waals surface area contributed by atoms with Gasteiger partial charge < -0.3 is 4.84 Å². The standard InChI is InChI=1S/C21H26NO2/c1-20(2)13-8-14-21(3,4)22(20)24-19(23)15-17-11-7-10-16-9-5-6-12-18(16)17/h5-7,9-12,15H,8,13-14H2,1-4H3. The molecule has 1 radical (unpaired) electrons. The fourth-order valence-electron chi connectivity index (χ4n) is 3.84. The van der Waals surface area contributed by atoms with E-state index in [2.05, 4.69) is 39.8 Å². The number of hydrogen-bond donors (Lipinski definition) is 0. The molecule has 0 N–H and O–H groups in total. The summed E-state index contributed by atoms with van der Waals surface area (Å²) in [5.74, 6) is -0.311. The average molecular weight is 324 g/mol. The second-order valence-corrected chi connectivity index (χ2v) is 7.90. The number of fused-ring (bicyclic) bond motifs is 1. The maximum atomic E-state index is 12.6. The maximum Gasteiger partial charge on any atom is 0.333 e. The smallest absolute Gasteiger partial charge is 0.333 e. The van der Waals surface area contributed by atoms with Crippen molar-refractivity contribution in [3.63, 3.8) is 0 Å². The topological polar surface area (TPSA) is 29.5 Å². The van der Waals surface area contributed by atoms with Crippen LogP contribution in [0.5, 0.6) is 0 Å². The molecule has 0 aromatic heterocycles. The molecule has 0 spiro atoms. The van der Waals surface area contributed by atoms with Crippen LogP contribution < -0.4 is 0 Å². The van der Waals surface area contributed by atoms with Crippen LogP contribution in [-0.2, 0) is 9.63 Å². The second kappa shape index (κ2) is 6.21. The lowest BCUT2D eigenvalue weighted by molar-refractivity contribution is -0.262. The third kappa shape index (κ3) is 3.32. The number of carbonyl (C=O) groups is 1. The van der Waals surface area contributed by atoms with Gasteiger partial charge in [0.15, 0.2) is 0 Å². The van der Waals surface area contributed by atoms with Gasteiger partial charge in [0.25, 0.3) is 0 Å². The highest BCUT2D eigenvalue weighted by Gasteiger charge is 2.44. The van der Waals surface area contributed by atoms with Gasteiger partial charge in [0.1, 0.15) is 6.42 Å². The van der Waals surface area contributed by atoms with Crippen molar-refractivity contribution in [1.29, 1.82) is 0 Å². The van der Waals surface area contributed by atoms with Crippen LogP contribution in [0.15, 0.2) is 42.5 Å². The Balaban J connectivity index is 1.79. The summed E-state index contributed by atoms with van der Waals surface area (Å²) in [6, 6.07) is 14.0. The van der Waals surface area contributed by atoms with Crippen molar-refractivity contribution in [3.05, 3.63) is 54.4 Å². The number of benzene rings is 2. The van der Waals surface area contributed by atoms with Gasteiger partial charge in [0.05, 0.1) is 11.1 Å². The van der Waals surface area contributed by atoms with E-state index in [9.17, 15) is 4.79 Å². The van der Waals surface area contributed by atoms with Crippen LogP contribution in [-0.4, -0.2) is 22.1 Å². The molecule has 0 amide bonds. The molecule has 1 heterocycles. The Kier molecular flexibility index (Phi) is 4.39. The van der Waals surface area contributed by atoms with Crippen molar-refractivity contribution in [1.82, 2.24) is 5.06 Å². The number of piperidine rings is 1. The van der Waals surface area contributed by atoms with Gasteiger partial charge in [-0.3, -0.25) is 0 Å². The average Bonchev–Trinajstić information content (AvgIpc) is 2.51. The molecule has 0 atom stereocenters. The van der Waals surface area contributed by atoms with Crippen molar-refractivity contribution in [2.75, 3.05) is 0 Å². The molecule has 127 valence electrons. The zero-order chi connectivity index (χ0) is 17.4. The fraction of sp³-hybridized carbons (Fsp3) is 0.429. The number of nitrogens with zero attached hydrogens (tertiary/aromatic N) is 1. The molecule has 1 fully saturated rings. The lowest BCUT2D eigenvalue weighted by Crippen LogP contribution is -2.58. The molecule has 3 nitrogen and oxygen atoms in total. The van der Waals surface area contributed by atoms with Gasteiger partial charge in [-0.1, -0.05) is 42.5 Å². The van der Waals surface area contributed by atoms with Gasteiger partial charge in [-0.05, 0) is 63.3 Å². The van der Waals surface area contributed by atoms with Gasteiger partial charge in [0, 0.05) is 0 Å². The lowest BCUT2D eigenvalue weighted by atomic mass is 9.82. The summed E-state index contributed by atoms with van der Waals surface area (Å²) in [7, 11) is 0. The van der Waals surface area contributed by atoms with E-state index in [0.717, 1.165) is 35.6 Å². The van der Waals surface area contributed by atoms with E-state index in [0.29, 0.717) is 0 Å². The molecule has 3 rings (SSSR count). The van der Waals surface area contributed by atoms with Gasteiger partial charge in [-0.2, -0.15) is 0 Å². The summed E-state index contributed by atoms with van der Waals surface area (Å²) in [5, 5.41) is 4.08. The molecule has 24 heavy (non-hydrogen) atoms. The third-order valence-electron chi connectivity index (χ3n) is 4.95. The van der Waals surface area contributed by atoms with Crippen LogP contribution in [0.4, 0.5) is 0 Å². The minimum Gasteiger partial charge on any atom is -0.366 e. The summed E-state index contributed by atoms with van der Waals surface area (Å²) >= 11 is 0. The summed E-state index contributed by atoms with van der Waals surface area (Å²) in [5.41, 5.74) is 0.597. The van der Waals surface area contributed by atoms with Gasteiger partial charge in [-0.25, -0.2) is 4.79 Å². The van der Waals surface area contributed by atoms with E-state index in [1.54, 1.807) is 6.42 Å². The van der Waals surface area contributed by atoms with E-state index >= 15 is 0 Å². The van der Waals surface area contributed by atoms with Crippen molar-refractivity contribution in [3.8, 4) is 0 Å². The van der Waals surface area contributed by atoms with E-state index in [4.69, 9.17) is 4.84 Å². The van der Waals surface area contributed by atoms with Crippen molar-refractivity contribution >= 4 is 16.7 Å². The summed E-state index contributed by atoms with van der Waals surface area (Å²) in [4.78, 5) is 18.4. The first-order valence-electron chi connectivity index (χ1n) is 8.64. The molecule has 0 aliphatic carbocycles. The largest absolute Gasteiger partial charge is 0.366 e. The van der Waals surface area contributed by atoms with Crippen molar-refractivity contribution in [2.45, 2.75) is 58.0 Å². The quantitative estimate of drug-likeness (QED) is 0.805. The van der Waals surface area contributed by atoms with Gasteiger partial charge in [-0.15, -0.1) is 5.06 Å². The molecule has 1 aliphatic heterocycles. The monoisotopic (exact) mass is 324 g/mol.